The molecule has 166 valence electrons. The van der Waals surface area contributed by atoms with Gasteiger partial charge in [-0.25, -0.2) is 5.43 Å². The number of nitrogens with one attached hydrogen (secondary N) is 1. The third-order valence-electron chi connectivity index (χ3n) is 5.50. The normalized spacial score (nSPS) is 11.7. The molecule has 0 aliphatic rings. The van der Waals surface area contributed by atoms with E-state index >= 15 is 0 Å². The van der Waals surface area contributed by atoms with Crippen LogP contribution in [0.3, 0.4) is 0 Å². The first kappa shape index (κ1) is 22.0. The van der Waals surface area contributed by atoms with Gasteiger partial charge in [-0.3, -0.25) is 9.59 Å². The van der Waals surface area contributed by atoms with Crippen molar-refractivity contribution in [2.45, 2.75) is 18.6 Å². The molecule has 0 radical (unpaired) electrons. The standard InChI is InChI=1S/C26H24N4O3/c27-24(31)15-16-30-18-19(22-13-7-8-14-23(22)30)17-28-29-25(32)26(33,20-9-3-1-4-10-20)21-11-5-2-6-12-21/h1-14,17-18,33H,15-16H2,(H2,27,31)(H,29,32)/b28-17-. The number of hydrogen-bond donors (Lipinski definition) is 3. The summed E-state index contributed by atoms with van der Waals surface area (Å²) >= 11 is 0. The Hall–Kier alpha value is -4.23. The molecule has 0 spiro atoms. The molecule has 1 heterocycles. The lowest BCUT2D eigenvalue weighted by atomic mass is 9.85. The van der Waals surface area contributed by atoms with E-state index in [9.17, 15) is 14.7 Å². The maximum atomic E-state index is 13.2. The molecule has 7 nitrogen and oxygen atoms in total. The van der Waals surface area contributed by atoms with Gasteiger partial charge in [-0.15, -0.1) is 0 Å². The lowest BCUT2D eigenvalue weighted by Crippen LogP contribution is -2.43. The summed E-state index contributed by atoms with van der Waals surface area (Å²) in [4.78, 5) is 24.4. The molecule has 4 rings (SSSR count). The number of primary amides is 1. The molecule has 3 aromatic carbocycles. The van der Waals surface area contributed by atoms with Crippen LogP contribution >= 0.6 is 0 Å². The highest BCUT2D eigenvalue weighted by Crippen LogP contribution is 2.30. The first-order valence-corrected chi connectivity index (χ1v) is 10.5. The third kappa shape index (κ3) is 4.53. The van der Waals surface area contributed by atoms with Crippen LogP contribution in [0.5, 0.6) is 0 Å². The summed E-state index contributed by atoms with van der Waals surface area (Å²) in [7, 11) is 0. The van der Waals surface area contributed by atoms with E-state index < -0.39 is 11.5 Å². The average Bonchev–Trinajstić information content (AvgIpc) is 3.21. The zero-order valence-corrected chi connectivity index (χ0v) is 17.9. The van der Waals surface area contributed by atoms with Gasteiger partial charge in [0, 0.05) is 35.6 Å². The van der Waals surface area contributed by atoms with Crippen LogP contribution in [0.2, 0.25) is 0 Å². The van der Waals surface area contributed by atoms with Crippen molar-refractivity contribution in [1.29, 1.82) is 0 Å². The average molecular weight is 441 g/mol. The second kappa shape index (κ2) is 9.50. The highest BCUT2D eigenvalue weighted by molar-refractivity contribution is 6.00. The van der Waals surface area contributed by atoms with Crippen molar-refractivity contribution in [3.8, 4) is 0 Å². The van der Waals surface area contributed by atoms with Gasteiger partial charge in [0.25, 0.3) is 5.91 Å². The molecule has 4 aromatic rings. The van der Waals surface area contributed by atoms with Crippen molar-refractivity contribution in [2.75, 3.05) is 0 Å². The predicted molar refractivity (Wildman–Crippen MR) is 127 cm³/mol. The molecular weight excluding hydrogens is 416 g/mol. The van der Waals surface area contributed by atoms with Crippen LogP contribution in [0.15, 0.2) is 96.2 Å². The van der Waals surface area contributed by atoms with Gasteiger partial charge in [0.1, 0.15) is 0 Å². The molecule has 0 aliphatic carbocycles. The fraction of sp³-hybridized carbons (Fsp3) is 0.115. The maximum Gasteiger partial charge on any atom is 0.281 e. The van der Waals surface area contributed by atoms with Crippen LogP contribution in [-0.2, 0) is 21.7 Å². The van der Waals surface area contributed by atoms with Gasteiger partial charge in [0.15, 0.2) is 5.60 Å². The number of para-hydroxylation sites is 1. The van der Waals surface area contributed by atoms with Crippen LogP contribution in [-0.4, -0.2) is 27.7 Å². The van der Waals surface area contributed by atoms with Gasteiger partial charge in [-0.1, -0.05) is 78.9 Å². The molecule has 33 heavy (non-hydrogen) atoms. The summed E-state index contributed by atoms with van der Waals surface area (Å²) in [6.45, 7) is 0.442. The molecule has 4 N–H and O–H groups in total. The fourth-order valence-corrected chi connectivity index (χ4v) is 3.82. The molecule has 0 saturated carbocycles. The molecule has 7 heteroatoms. The first-order chi connectivity index (χ1) is 16.0. The van der Waals surface area contributed by atoms with E-state index in [-0.39, 0.29) is 12.3 Å². The van der Waals surface area contributed by atoms with Gasteiger partial charge in [-0.05, 0) is 17.2 Å². The molecule has 0 unspecified atom stereocenters. The molecule has 0 atom stereocenters. The number of aromatic nitrogens is 1. The molecule has 2 amide bonds. The van der Waals surface area contributed by atoms with Gasteiger partial charge in [0.05, 0.1) is 6.21 Å². The molecule has 1 aromatic heterocycles. The van der Waals surface area contributed by atoms with E-state index in [0.717, 1.165) is 16.5 Å². The Morgan fingerprint density at radius 3 is 2.12 bits per heavy atom. The van der Waals surface area contributed by atoms with E-state index in [1.54, 1.807) is 48.5 Å². The summed E-state index contributed by atoms with van der Waals surface area (Å²) in [6, 6.07) is 25.2. The number of carbonyl (C=O) groups is 2. The molecular formula is C26H24N4O3. The number of aliphatic hydroxyl groups is 1. The number of aryl methyl sites for hydroxylation is 1. The number of carbonyl (C=O) groups excluding carboxylic acids is 2. The summed E-state index contributed by atoms with van der Waals surface area (Å²) < 4.78 is 1.92. The van der Waals surface area contributed by atoms with E-state index in [2.05, 4.69) is 10.5 Å². The van der Waals surface area contributed by atoms with Crippen LogP contribution in [0, 0.1) is 0 Å². The van der Waals surface area contributed by atoms with E-state index in [4.69, 9.17) is 5.73 Å². The lowest BCUT2D eigenvalue weighted by Gasteiger charge is -2.27. The smallest absolute Gasteiger partial charge is 0.281 e. The number of nitrogens with two attached hydrogens (primary N) is 1. The monoisotopic (exact) mass is 440 g/mol. The fourth-order valence-electron chi connectivity index (χ4n) is 3.82. The van der Waals surface area contributed by atoms with E-state index in [1.165, 1.54) is 6.21 Å². The van der Waals surface area contributed by atoms with E-state index in [0.29, 0.717) is 17.7 Å². The highest BCUT2D eigenvalue weighted by atomic mass is 16.3. The van der Waals surface area contributed by atoms with Crippen molar-refractivity contribution in [3.63, 3.8) is 0 Å². The third-order valence-corrected chi connectivity index (χ3v) is 5.50. The van der Waals surface area contributed by atoms with Crippen LogP contribution in [0.4, 0.5) is 0 Å². The summed E-state index contributed by atoms with van der Waals surface area (Å²) in [5, 5.41) is 16.5. The zero-order chi connectivity index (χ0) is 23.3. The molecule has 0 bridgehead atoms. The van der Waals surface area contributed by atoms with Gasteiger partial charge < -0.3 is 15.4 Å². The number of benzene rings is 3. The van der Waals surface area contributed by atoms with Crippen molar-refractivity contribution < 1.29 is 14.7 Å². The Kier molecular flexibility index (Phi) is 6.33. The Labute approximate surface area is 191 Å². The topological polar surface area (TPSA) is 110 Å². The molecule has 0 fully saturated rings. The molecule has 0 aliphatic heterocycles. The second-order valence-corrected chi connectivity index (χ2v) is 7.65. The summed E-state index contributed by atoms with van der Waals surface area (Å²) in [5.74, 6) is -1.05. The maximum absolute atomic E-state index is 13.2. The SMILES string of the molecule is NC(=O)CCn1cc(/C=N\NC(=O)C(O)(c2ccccc2)c2ccccc2)c2ccccc21. The minimum absolute atomic E-state index is 0.215. The number of hydrazone groups is 1. The van der Waals surface area contributed by atoms with Gasteiger partial charge >= 0.3 is 0 Å². The van der Waals surface area contributed by atoms with Crippen LogP contribution in [0.1, 0.15) is 23.1 Å². The number of hydrogen-bond acceptors (Lipinski definition) is 4. The van der Waals surface area contributed by atoms with Gasteiger partial charge in [0.2, 0.25) is 5.91 Å². The number of fused-ring (bicyclic) bond motifs is 1. The van der Waals surface area contributed by atoms with Crippen molar-refractivity contribution in [2.24, 2.45) is 10.8 Å². The number of nitrogens with zero attached hydrogens (tertiary/aromatic N) is 2. The van der Waals surface area contributed by atoms with Crippen LogP contribution < -0.4 is 11.2 Å². The minimum atomic E-state index is -1.91. The lowest BCUT2D eigenvalue weighted by molar-refractivity contribution is -0.136. The number of amides is 2. The summed E-state index contributed by atoms with van der Waals surface area (Å²) in [6.07, 6.45) is 3.59. The quantitative estimate of drug-likeness (QED) is 0.289. The molecule has 0 saturated heterocycles. The second-order valence-electron chi connectivity index (χ2n) is 7.65. The highest BCUT2D eigenvalue weighted by Gasteiger charge is 2.39. The Balaban J connectivity index is 1.62. The Bertz CT molecular complexity index is 1260. The predicted octanol–water partition coefficient (Wildman–Crippen LogP) is 2.90. The largest absolute Gasteiger partial charge is 0.372 e. The first-order valence-electron chi connectivity index (χ1n) is 10.5. The van der Waals surface area contributed by atoms with Crippen molar-refractivity contribution in [3.05, 3.63) is 108 Å². The number of rotatable bonds is 8. The summed E-state index contributed by atoms with van der Waals surface area (Å²) in [5.41, 5.74) is 8.44. The minimum Gasteiger partial charge on any atom is -0.372 e. The van der Waals surface area contributed by atoms with Crippen LogP contribution in [0.25, 0.3) is 10.9 Å². The Morgan fingerprint density at radius 1 is 0.939 bits per heavy atom. The zero-order valence-electron chi connectivity index (χ0n) is 17.9. The van der Waals surface area contributed by atoms with Crippen molar-refractivity contribution >= 4 is 28.9 Å². The van der Waals surface area contributed by atoms with Gasteiger partial charge in [-0.2, -0.15) is 5.10 Å². The van der Waals surface area contributed by atoms with Crippen molar-refractivity contribution in [1.82, 2.24) is 9.99 Å². The Morgan fingerprint density at radius 2 is 1.52 bits per heavy atom. The van der Waals surface area contributed by atoms with E-state index in [1.807, 2.05) is 47.2 Å².